The van der Waals surface area contributed by atoms with Crippen LogP contribution in [0.2, 0.25) is 0 Å². The van der Waals surface area contributed by atoms with Gasteiger partial charge < -0.3 is 19.6 Å². The second-order valence-corrected chi connectivity index (χ2v) is 5.96. The highest BCUT2D eigenvalue weighted by Crippen LogP contribution is 2.23. The van der Waals surface area contributed by atoms with Crippen LogP contribution in [-0.2, 0) is 9.53 Å². The second kappa shape index (κ2) is 6.43. The van der Waals surface area contributed by atoms with Crippen LogP contribution in [0, 0.1) is 5.92 Å². The minimum Gasteiger partial charge on any atom is -0.481 e. The standard InChI is InChI=1S/C14H24N2O4/c1-10-9-20-11(2)7-16(10)14(19)15-6-5-12(8-15)3-4-13(17)18/h10-12H,3-9H2,1-2H3,(H,17,18). The summed E-state index contributed by atoms with van der Waals surface area (Å²) < 4.78 is 5.54. The Bertz CT molecular complexity index is 374. The van der Waals surface area contributed by atoms with Crippen molar-refractivity contribution in [2.45, 2.75) is 45.3 Å². The van der Waals surface area contributed by atoms with Gasteiger partial charge in [-0.05, 0) is 32.6 Å². The molecule has 2 aliphatic rings. The molecule has 0 aromatic rings. The first-order valence-electron chi connectivity index (χ1n) is 7.36. The van der Waals surface area contributed by atoms with Gasteiger partial charge >= 0.3 is 12.0 Å². The Morgan fingerprint density at radius 1 is 1.30 bits per heavy atom. The summed E-state index contributed by atoms with van der Waals surface area (Å²) in [4.78, 5) is 26.9. The van der Waals surface area contributed by atoms with Gasteiger partial charge in [-0.15, -0.1) is 0 Å². The highest BCUT2D eigenvalue weighted by molar-refractivity contribution is 5.75. The SMILES string of the molecule is CC1CN(C(=O)N2CCC(CCC(=O)O)C2)C(C)CO1. The fraction of sp³-hybridized carbons (Fsp3) is 0.857. The van der Waals surface area contributed by atoms with E-state index in [1.807, 2.05) is 23.6 Å². The zero-order chi connectivity index (χ0) is 14.7. The fourth-order valence-electron chi connectivity index (χ4n) is 2.92. The lowest BCUT2D eigenvalue weighted by Gasteiger charge is -2.38. The summed E-state index contributed by atoms with van der Waals surface area (Å²) in [6.45, 7) is 6.62. The van der Waals surface area contributed by atoms with E-state index in [4.69, 9.17) is 9.84 Å². The van der Waals surface area contributed by atoms with Crippen LogP contribution in [0.1, 0.15) is 33.1 Å². The van der Waals surface area contributed by atoms with E-state index >= 15 is 0 Å². The molecule has 0 aromatic heterocycles. The summed E-state index contributed by atoms with van der Waals surface area (Å²) in [5.41, 5.74) is 0. The number of likely N-dealkylation sites (tertiary alicyclic amines) is 1. The van der Waals surface area contributed by atoms with Crippen molar-refractivity contribution in [1.82, 2.24) is 9.80 Å². The van der Waals surface area contributed by atoms with Gasteiger partial charge in [-0.3, -0.25) is 4.79 Å². The summed E-state index contributed by atoms with van der Waals surface area (Å²) in [5, 5.41) is 8.71. The van der Waals surface area contributed by atoms with Crippen molar-refractivity contribution in [2.24, 2.45) is 5.92 Å². The number of morpholine rings is 1. The number of ether oxygens (including phenoxy) is 1. The van der Waals surface area contributed by atoms with Crippen molar-refractivity contribution in [3.8, 4) is 0 Å². The molecule has 0 aromatic carbocycles. The minimum atomic E-state index is -0.759. The summed E-state index contributed by atoms with van der Waals surface area (Å²) >= 11 is 0. The van der Waals surface area contributed by atoms with Crippen LogP contribution in [-0.4, -0.2) is 65.3 Å². The summed E-state index contributed by atoms with van der Waals surface area (Å²) in [6, 6.07) is 0.183. The summed E-state index contributed by atoms with van der Waals surface area (Å²) in [5.74, 6) is -0.436. The molecule has 2 saturated heterocycles. The number of rotatable bonds is 3. The number of carboxylic acids is 1. The zero-order valence-electron chi connectivity index (χ0n) is 12.2. The lowest BCUT2D eigenvalue weighted by atomic mass is 10.0. The topological polar surface area (TPSA) is 70.1 Å². The maximum Gasteiger partial charge on any atom is 0.320 e. The van der Waals surface area contributed by atoms with Gasteiger partial charge in [0.05, 0.1) is 18.8 Å². The number of carbonyl (C=O) groups excluding carboxylic acids is 1. The number of amides is 2. The second-order valence-electron chi connectivity index (χ2n) is 5.96. The highest BCUT2D eigenvalue weighted by Gasteiger charge is 2.34. The third-order valence-corrected chi connectivity index (χ3v) is 4.18. The summed E-state index contributed by atoms with van der Waals surface area (Å²) in [7, 11) is 0. The molecule has 3 unspecified atom stereocenters. The number of carboxylic acid groups (broad SMARTS) is 1. The van der Waals surface area contributed by atoms with Crippen molar-refractivity contribution in [1.29, 1.82) is 0 Å². The van der Waals surface area contributed by atoms with Gasteiger partial charge in [-0.25, -0.2) is 4.79 Å². The number of hydrogen-bond donors (Lipinski definition) is 1. The molecule has 2 fully saturated rings. The molecular weight excluding hydrogens is 260 g/mol. The lowest BCUT2D eigenvalue weighted by molar-refractivity contribution is -0.137. The normalized spacial score (nSPS) is 30.6. The van der Waals surface area contributed by atoms with E-state index in [2.05, 4.69) is 0 Å². The van der Waals surface area contributed by atoms with E-state index in [1.165, 1.54) is 0 Å². The van der Waals surface area contributed by atoms with Gasteiger partial charge in [0.25, 0.3) is 0 Å². The lowest BCUT2D eigenvalue weighted by Crippen LogP contribution is -2.54. The van der Waals surface area contributed by atoms with Crippen molar-refractivity contribution in [2.75, 3.05) is 26.2 Å². The summed E-state index contributed by atoms with van der Waals surface area (Å²) in [6.07, 6.45) is 1.85. The van der Waals surface area contributed by atoms with E-state index in [-0.39, 0.29) is 24.6 Å². The van der Waals surface area contributed by atoms with Gasteiger partial charge in [0.1, 0.15) is 0 Å². The van der Waals surface area contributed by atoms with Crippen LogP contribution in [0.4, 0.5) is 4.79 Å². The average molecular weight is 284 g/mol. The fourth-order valence-corrected chi connectivity index (χ4v) is 2.92. The van der Waals surface area contributed by atoms with Gasteiger partial charge in [-0.1, -0.05) is 0 Å². The molecule has 0 saturated carbocycles. The highest BCUT2D eigenvalue weighted by atomic mass is 16.5. The first-order chi connectivity index (χ1) is 9.47. The van der Waals surface area contributed by atoms with Crippen LogP contribution in [0.25, 0.3) is 0 Å². The largest absolute Gasteiger partial charge is 0.481 e. The maximum absolute atomic E-state index is 12.5. The van der Waals surface area contributed by atoms with Gasteiger partial charge in [-0.2, -0.15) is 0 Å². The molecule has 20 heavy (non-hydrogen) atoms. The molecule has 2 rings (SSSR count). The minimum absolute atomic E-state index is 0.0745. The number of aliphatic carboxylic acids is 1. The molecule has 0 aliphatic carbocycles. The average Bonchev–Trinajstić information content (AvgIpc) is 2.87. The third-order valence-electron chi connectivity index (χ3n) is 4.18. The molecular formula is C14H24N2O4. The van der Waals surface area contributed by atoms with E-state index in [0.29, 0.717) is 32.0 Å². The van der Waals surface area contributed by atoms with Crippen LogP contribution in [0.5, 0.6) is 0 Å². The van der Waals surface area contributed by atoms with Crippen LogP contribution in [0.15, 0.2) is 0 Å². The predicted octanol–water partition coefficient (Wildman–Crippen LogP) is 1.40. The van der Waals surface area contributed by atoms with Crippen LogP contribution in [0.3, 0.4) is 0 Å². The molecule has 0 radical (unpaired) electrons. The molecule has 0 spiro atoms. The van der Waals surface area contributed by atoms with E-state index < -0.39 is 5.97 Å². The van der Waals surface area contributed by atoms with Gasteiger partial charge in [0.2, 0.25) is 0 Å². The molecule has 114 valence electrons. The molecule has 2 aliphatic heterocycles. The van der Waals surface area contributed by atoms with E-state index in [9.17, 15) is 9.59 Å². The number of hydrogen-bond acceptors (Lipinski definition) is 3. The van der Waals surface area contributed by atoms with E-state index in [1.54, 1.807) is 0 Å². The first kappa shape index (κ1) is 15.1. The van der Waals surface area contributed by atoms with Crippen molar-refractivity contribution < 1.29 is 19.4 Å². The Morgan fingerprint density at radius 3 is 2.75 bits per heavy atom. The molecule has 2 amide bonds. The first-order valence-corrected chi connectivity index (χ1v) is 7.36. The Hall–Kier alpha value is -1.30. The van der Waals surface area contributed by atoms with Crippen LogP contribution < -0.4 is 0 Å². The monoisotopic (exact) mass is 284 g/mol. The Balaban J connectivity index is 1.85. The smallest absolute Gasteiger partial charge is 0.320 e. The molecule has 1 N–H and O–H groups in total. The molecule has 3 atom stereocenters. The Kier molecular flexibility index (Phi) is 4.86. The number of carbonyl (C=O) groups is 2. The van der Waals surface area contributed by atoms with E-state index in [0.717, 1.165) is 13.0 Å². The quantitative estimate of drug-likeness (QED) is 0.850. The molecule has 6 heteroatoms. The Labute approximate surface area is 119 Å². The van der Waals surface area contributed by atoms with Crippen molar-refractivity contribution in [3.63, 3.8) is 0 Å². The van der Waals surface area contributed by atoms with Crippen LogP contribution >= 0.6 is 0 Å². The molecule has 2 heterocycles. The Morgan fingerprint density at radius 2 is 2.05 bits per heavy atom. The van der Waals surface area contributed by atoms with Gasteiger partial charge in [0.15, 0.2) is 0 Å². The number of urea groups is 1. The van der Waals surface area contributed by atoms with Gasteiger partial charge in [0, 0.05) is 26.1 Å². The molecule has 6 nitrogen and oxygen atoms in total. The molecule has 0 bridgehead atoms. The third kappa shape index (κ3) is 3.62. The van der Waals surface area contributed by atoms with Crippen molar-refractivity contribution in [3.05, 3.63) is 0 Å². The predicted molar refractivity (Wildman–Crippen MR) is 73.5 cm³/mol. The maximum atomic E-state index is 12.5. The zero-order valence-corrected chi connectivity index (χ0v) is 12.2. The van der Waals surface area contributed by atoms with Crippen molar-refractivity contribution >= 4 is 12.0 Å². The number of nitrogens with zero attached hydrogens (tertiary/aromatic N) is 2.